The molecule has 3 N–H and O–H groups in total. The lowest BCUT2D eigenvalue weighted by Gasteiger charge is -2.09. The van der Waals surface area contributed by atoms with Crippen molar-refractivity contribution in [2.75, 3.05) is 26.6 Å². The number of anilines is 1. The van der Waals surface area contributed by atoms with Crippen molar-refractivity contribution in [3.05, 3.63) is 58.9 Å². The van der Waals surface area contributed by atoms with Crippen LogP contribution in [0.1, 0.15) is 32.0 Å². The molecule has 10 nitrogen and oxygen atoms in total. The molecule has 0 aliphatic heterocycles. The number of ketones is 1. The Morgan fingerprint density at radius 3 is 2.55 bits per heavy atom. The fraction of sp³-hybridized carbons (Fsp3) is 0.190. The molecule has 0 atom stereocenters. The lowest BCUT2D eigenvalue weighted by atomic mass is 10.0. The number of nitrogen functional groups attached to an aromatic ring is 1. The average Bonchev–Trinajstić information content (AvgIpc) is 3.08. The monoisotopic (exact) mass is 428 g/mol. The maximum Gasteiger partial charge on any atom is 0.379 e. The van der Waals surface area contributed by atoms with E-state index in [9.17, 15) is 14.4 Å². The second-order valence-corrected chi connectivity index (χ2v) is 6.47. The van der Waals surface area contributed by atoms with Gasteiger partial charge in [0, 0.05) is 23.0 Å². The third kappa shape index (κ3) is 3.88. The van der Waals surface area contributed by atoms with Gasteiger partial charge in [-0.05, 0) is 37.3 Å². The molecule has 0 saturated heterocycles. The first kappa shape index (κ1) is 21.7. The first-order valence-electron chi connectivity index (χ1n) is 9.01. The van der Waals surface area contributed by atoms with Crippen LogP contribution in [0.4, 0.5) is 5.69 Å². The Hall–Kier alpha value is -4.05. The third-order valence-electron chi connectivity index (χ3n) is 4.70. The van der Waals surface area contributed by atoms with Gasteiger partial charge in [0.2, 0.25) is 5.78 Å². The van der Waals surface area contributed by atoms with Gasteiger partial charge >= 0.3 is 11.9 Å². The molecule has 1 aromatic carbocycles. The minimum absolute atomic E-state index is 0.0744. The van der Waals surface area contributed by atoms with Crippen LogP contribution < -0.4 is 15.2 Å². The second kappa shape index (κ2) is 8.76. The number of carbonyl (C=O) groups is 3. The number of pyridine rings is 1. The highest BCUT2D eigenvalue weighted by Crippen LogP contribution is 2.37. The van der Waals surface area contributed by atoms with E-state index < -0.39 is 24.3 Å². The summed E-state index contributed by atoms with van der Waals surface area (Å²) in [6.07, 6.45) is 1.63. The van der Waals surface area contributed by atoms with Crippen LogP contribution in [0.2, 0.25) is 0 Å². The lowest BCUT2D eigenvalue weighted by molar-refractivity contribution is -0.236. The quantitative estimate of drug-likeness (QED) is 0.191. The smallest absolute Gasteiger partial charge is 0.379 e. The number of carbonyl (C=O) groups excluding carboxylic acids is 3. The lowest BCUT2D eigenvalue weighted by Crippen LogP contribution is -2.13. The molecular formula is C21H20N2O8. The maximum absolute atomic E-state index is 13.4. The van der Waals surface area contributed by atoms with Crippen LogP contribution in [0.15, 0.2) is 36.5 Å². The van der Waals surface area contributed by atoms with Crippen LogP contribution in [0, 0.1) is 6.92 Å². The highest BCUT2D eigenvalue weighted by atomic mass is 17.1. The van der Waals surface area contributed by atoms with Gasteiger partial charge in [-0.25, -0.2) is 9.59 Å². The zero-order chi connectivity index (χ0) is 22.7. The molecule has 3 rings (SSSR count). The van der Waals surface area contributed by atoms with Crippen LogP contribution in [-0.2, 0) is 14.4 Å². The van der Waals surface area contributed by atoms with Crippen molar-refractivity contribution in [3.8, 4) is 11.5 Å². The molecule has 2 heterocycles. The molecule has 0 spiro atoms. The van der Waals surface area contributed by atoms with Gasteiger partial charge in [-0.1, -0.05) is 0 Å². The fourth-order valence-corrected chi connectivity index (χ4v) is 3.29. The molecular weight excluding hydrogens is 408 g/mol. The van der Waals surface area contributed by atoms with Gasteiger partial charge in [-0.15, -0.1) is 0 Å². The van der Waals surface area contributed by atoms with Crippen molar-refractivity contribution >= 4 is 28.9 Å². The number of fused-ring (bicyclic) bond motifs is 1. The first-order chi connectivity index (χ1) is 14.8. The Kier molecular flexibility index (Phi) is 6.12. The zero-order valence-corrected chi connectivity index (χ0v) is 17.0. The molecule has 0 radical (unpaired) electrons. The average molecular weight is 428 g/mol. The van der Waals surface area contributed by atoms with E-state index in [0.29, 0.717) is 16.8 Å². The topological polar surface area (TPSA) is 139 Å². The molecule has 0 aliphatic rings. The van der Waals surface area contributed by atoms with E-state index in [2.05, 4.69) is 4.89 Å². The van der Waals surface area contributed by atoms with Crippen molar-refractivity contribution in [1.29, 1.82) is 0 Å². The van der Waals surface area contributed by atoms with E-state index in [4.69, 9.17) is 25.2 Å². The Bertz CT molecular complexity index is 1180. The van der Waals surface area contributed by atoms with Crippen molar-refractivity contribution in [2.45, 2.75) is 6.92 Å². The van der Waals surface area contributed by atoms with Gasteiger partial charge in [0.1, 0.15) is 17.0 Å². The minimum atomic E-state index is -0.988. The number of methoxy groups -OCH3 is 2. The van der Waals surface area contributed by atoms with Gasteiger partial charge in [-0.2, -0.15) is 5.26 Å². The number of hydrogen-bond donors (Lipinski definition) is 2. The van der Waals surface area contributed by atoms with E-state index in [-0.39, 0.29) is 28.3 Å². The van der Waals surface area contributed by atoms with Crippen molar-refractivity contribution in [2.24, 2.45) is 0 Å². The normalized spacial score (nSPS) is 10.6. The van der Waals surface area contributed by atoms with Gasteiger partial charge in [0.25, 0.3) is 0 Å². The maximum atomic E-state index is 13.4. The van der Waals surface area contributed by atoms with Crippen LogP contribution in [-0.4, -0.2) is 48.2 Å². The van der Waals surface area contributed by atoms with Gasteiger partial charge in [0.15, 0.2) is 12.4 Å². The predicted octanol–water partition coefficient (Wildman–Crippen LogP) is 2.25. The predicted molar refractivity (Wildman–Crippen MR) is 109 cm³/mol. The summed E-state index contributed by atoms with van der Waals surface area (Å²) in [5, 5.41) is 8.43. The summed E-state index contributed by atoms with van der Waals surface area (Å²) in [5.41, 5.74) is 7.49. The Labute approximate surface area is 176 Å². The van der Waals surface area contributed by atoms with Crippen LogP contribution >= 0.6 is 0 Å². The van der Waals surface area contributed by atoms with Crippen molar-refractivity contribution in [3.63, 3.8) is 0 Å². The molecule has 162 valence electrons. The summed E-state index contributed by atoms with van der Waals surface area (Å²) in [4.78, 5) is 40.2. The molecule has 3 aromatic rings. The second-order valence-electron chi connectivity index (χ2n) is 6.47. The van der Waals surface area contributed by atoms with Gasteiger partial charge in [-0.3, -0.25) is 9.68 Å². The number of aromatic nitrogens is 1. The number of hydrogen-bond acceptors (Lipinski definition) is 9. The van der Waals surface area contributed by atoms with Crippen molar-refractivity contribution < 1.29 is 38.7 Å². The minimum Gasteiger partial charge on any atom is -0.494 e. The number of rotatable bonds is 7. The molecule has 0 amide bonds. The molecule has 2 aromatic heterocycles. The molecule has 0 aliphatic carbocycles. The standard InChI is InChI=1S/C21H20N2O8/c1-11-17(19(25)12-6-7-14(22)13(9-12)21(26)29-3)23-8-4-5-15(18(23)20(11)28-2)30-10-16(24)31-27/h4-9,27H,10,22H2,1-3H3. The van der Waals surface area contributed by atoms with E-state index in [1.165, 1.54) is 32.4 Å². The third-order valence-corrected chi connectivity index (χ3v) is 4.70. The summed E-state index contributed by atoms with van der Waals surface area (Å²) < 4.78 is 17.2. The highest BCUT2D eigenvalue weighted by Gasteiger charge is 2.26. The Morgan fingerprint density at radius 1 is 1.16 bits per heavy atom. The van der Waals surface area contributed by atoms with Gasteiger partial charge in [0.05, 0.1) is 19.8 Å². The first-order valence-corrected chi connectivity index (χ1v) is 9.01. The molecule has 0 saturated carbocycles. The number of esters is 1. The van der Waals surface area contributed by atoms with E-state index in [1.54, 1.807) is 29.7 Å². The Balaban J connectivity index is 2.15. The van der Waals surface area contributed by atoms with Crippen LogP contribution in [0.25, 0.3) is 5.52 Å². The SMILES string of the molecule is COC(=O)c1cc(C(=O)c2c(C)c(OC)c3c(OCC(=O)OO)cccn23)ccc1N. The molecule has 0 unspecified atom stereocenters. The van der Waals surface area contributed by atoms with Crippen molar-refractivity contribution in [1.82, 2.24) is 4.40 Å². The number of nitrogens with two attached hydrogens (primary N) is 1. The van der Waals surface area contributed by atoms with E-state index in [0.717, 1.165) is 0 Å². The molecule has 0 fully saturated rings. The number of ether oxygens (including phenoxy) is 3. The number of benzene rings is 1. The molecule has 10 heteroatoms. The van der Waals surface area contributed by atoms with Crippen LogP contribution in [0.3, 0.4) is 0 Å². The van der Waals surface area contributed by atoms with Crippen LogP contribution in [0.5, 0.6) is 11.5 Å². The van der Waals surface area contributed by atoms with Gasteiger partial charge < -0.3 is 24.3 Å². The van der Waals surface area contributed by atoms with E-state index >= 15 is 0 Å². The molecule has 0 bridgehead atoms. The van der Waals surface area contributed by atoms with E-state index in [1.807, 2.05) is 0 Å². The summed E-state index contributed by atoms with van der Waals surface area (Å²) in [6, 6.07) is 7.52. The summed E-state index contributed by atoms with van der Waals surface area (Å²) in [7, 11) is 2.66. The number of nitrogens with zero attached hydrogens (tertiary/aromatic N) is 1. The summed E-state index contributed by atoms with van der Waals surface area (Å²) >= 11 is 0. The molecule has 31 heavy (non-hydrogen) atoms. The zero-order valence-electron chi connectivity index (χ0n) is 17.0. The largest absolute Gasteiger partial charge is 0.494 e. The fourth-order valence-electron chi connectivity index (χ4n) is 3.29. The highest BCUT2D eigenvalue weighted by molar-refractivity contribution is 6.12. The summed E-state index contributed by atoms with van der Waals surface area (Å²) in [5.74, 6) is -1.45. The summed E-state index contributed by atoms with van der Waals surface area (Å²) in [6.45, 7) is 1.15. The Morgan fingerprint density at radius 2 is 1.90 bits per heavy atom.